The van der Waals surface area contributed by atoms with Gasteiger partial charge in [-0.15, -0.1) is 11.8 Å². The molecular weight excluding hydrogens is 262 g/mol. The Kier molecular flexibility index (Phi) is 9.74. The molecule has 0 aromatic carbocycles. The van der Waals surface area contributed by atoms with Gasteiger partial charge in [-0.1, -0.05) is 27.2 Å². The lowest BCUT2D eigenvalue weighted by molar-refractivity contribution is -0.145. The molecule has 0 heterocycles. The van der Waals surface area contributed by atoms with Crippen molar-refractivity contribution in [2.24, 2.45) is 5.92 Å². The van der Waals surface area contributed by atoms with Gasteiger partial charge in [-0.25, -0.2) is 4.79 Å². The minimum Gasteiger partial charge on any atom is -0.467 e. The second-order valence-corrected chi connectivity index (χ2v) is 6.53. The van der Waals surface area contributed by atoms with E-state index in [-0.39, 0.29) is 17.1 Å². The lowest BCUT2D eigenvalue weighted by Gasteiger charge is -2.20. The fraction of sp³-hybridized carbons (Fsp3) is 0.857. The van der Waals surface area contributed by atoms with Gasteiger partial charge in [-0.3, -0.25) is 4.79 Å². The molecule has 2 atom stereocenters. The van der Waals surface area contributed by atoms with Gasteiger partial charge in [-0.2, -0.15) is 0 Å². The number of nitrogens with one attached hydrogen (secondary N) is 1. The molecule has 0 aliphatic rings. The number of esters is 1. The molecule has 0 saturated carbocycles. The molecule has 4 nitrogen and oxygen atoms in total. The van der Waals surface area contributed by atoms with Gasteiger partial charge in [0.1, 0.15) is 6.04 Å². The highest BCUT2D eigenvalue weighted by Gasteiger charge is 2.24. The number of unbranched alkanes of at least 4 members (excludes halogenated alkanes) is 1. The molecular formula is C14H27NO3S. The molecule has 5 heteroatoms. The fourth-order valence-corrected chi connectivity index (χ4v) is 2.63. The lowest BCUT2D eigenvalue weighted by Crippen LogP contribution is -2.45. The van der Waals surface area contributed by atoms with E-state index >= 15 is 0 Å². The van der Waals surface area contributed by atoms with Crippen molar-refractivity contribution >= 4 is 23.6 Å². The van der Waals surface area contributed by atoms with Crippen molar-refractivity contribution in [3.05, 3.63) is 0 Å². The first-order valence-electron chi connectivity index (χ1n) is 6.92. The molecule has 112 valence electrons. The number of hydrogen-bond donors (Lipinski definition) is 1. The Morgan fingerprint density at radius 1 is 1.26 bits per heavy atom. The van der Waals surface area contributed by atoms with Crippen LogP contribution in [0.3, 0.4) is 0 Å². The first-order chi connectivity index (χ1) is 8.92. The summed E-state index contributed by atoms with van der Waals surface area (Å²) in [6.45, 7) is 8.03. The van der Waals surface area contributed by atoms with E-state index in [1.807, 2.05) is 20.8 Å². The molecule has 0 aliphatic heterocycles. The van der Waals surface area contributed by atoms with Gasteiger partial charge in [-0.05, 0) is 31.4 Å². The van der Waals surface area contributed by atoms with Crippen LogP contribution in [0.1, 0.15) is 47.0 Å². The predicted molar refractivity (Wildman–Crippen MR) is 80.2 cm³/mol. The van der Waals surface area contributed by atoms with Crippen LogP contribution in [0, 0.1) is 5.92 Å². The molecule has 0 spiro atoms. The van der Waals surface area contributed by atoms with Gasteiger partial charge in [0, 0.05) is 0 Å². The standard InChI is InChI=1S/C14H27NO3S/c1-6-7-8-19-11(4)13(16)15-12(9-10(2)3)14(17)18-5/h10-12H,6-9H2,1-5H3,(H,15,16). The monoisotopic (exact) mass is 289 g/mol. The van der Waals surface area contributed by atoms with E-state index in [0.29, 0.717) is 12.3 Å². The zero-order valence-electron chi connectivity index (χ0n) is 12.7. The summed E-state index contributed by atoms with van der Waals surface area (Å²) in [6.07, 6.45) is 2.83. The third kappa shape index (κ3) is 8.14. The van der Waals surface area contributed by atoms with Crippen molar-refractivity contribution in [1.29, 1.82) is 0 Å². The van der Waals surface area contributed by atoms with E-state index in [1.165, 1.54) is 7.11 Å². The lowest BCUT2D eigenvalue weighted by atomic mass is 10.0. The number of carbonyl (C=O) groups excluding carboxylic acids is 2. The van der Waals surface area contributed by atoms with Crippen LogP contribution in [0.25, 0.3) is 0 Å². The van der Waals surface area contributed by atoms with Gasteiger partial charge < -0.3 is 10.1 Å². The summed E-state index contributed by atoms with van der Waals surface area (Å²) in [5, 5.41) is 2.66. The van der Waals surface area contributed by atoms with Crippen molar-refractivity contribution in [3.8, 4) is 0 Å². The van der Waals surface area contributed by atoms with Gasteiger partial charge in [0.15, 0.2) is 0 Å². The summed E-state index contributed by atoms with van der Waals surface area (Å²) in [4.78, 5) is 23.6. The van der Waals surface area contributed by atoms with Gasteiger partial charge in [0.05, 0.1) is 12.4 Å². The zero-order valence-corrected chi connectivity index (χ0v) is 13.5. The van der Waals surface area contributed by atoms with Crippen LogP contribution in [0.15, 0.2) is 0 Å². The van der Waals surface area contributed by atoms with Gasteiger partial charge in [0.25, 0.3) is 0 Å². The first kappa shape index (κ1) is 18.3. The Balaban J connectivity index is 4.32. The zero-order chi connectivity index (χ0) is 14.8. The van der Waals surface area contributed by atoms with Crippen molar-refractivity contribution in [2.45, 2.75) is 58.2 Å². The van der Waals surface area contributed by atoms with Crippen LogP contribution in [-0.4, -0.2) is 36.0 Å². The highest BCUT2D eigenvalue weighted by Crippen LogP contribution is 2.14. The van der Waals surface area contributed by atoms with Gasteiger partial charge in [0.2, 0.25) is 5.91 Å². The predicted octanol–water partition coefficient (Wildman–Crippen LogP) is 2.61. The molecule has 0 aromatic heterocycles. The van der Waals surface area contributed by atoms with E-state index in [1.54, 1.807) is 11.8 Å². The van der Waals surface area contributed by atoms with Gasteiger partial charge >= 0.3 is 5.97 Å². The third-order valence-corrected chi connectivity index (χ3v) is 3.98. The van der Waals surface area contributed by atoms with Crippen molar-refractivity contribution in [3.63, 3.8) is 0 Å². The van der Waals surface area contributed by atoms with E-state index < -0.39 is 6.04 Å². The average Bonchev–Trinajstić information content (AvgIpc) is 2.36. The van der Waals surface area contributed by atoms with Crippen molar-refractivity contribution in [2.75, 3.05) is 12.9 Å². The molecule has 1 N–H and O–H groups in total. The Morgan fingerprint density at radius 3 is 2.37 bits per heavy atom. The third-order valence-electron chi connectivity index (χ3n) is 2.74. The molecule has 19 heavy (non-hydrogen) atoms. The molecule has 0 radical (unpaired) electrons. The molecule has 1 amide bonds. The second-order valence-electron chi connectivity index (χ2n) is 5.08. The Morgan fingerprint density at radius 2 is 1.89 bits per heavy atom. The number of methoxy groups -OCH3 is 1. The summed E-state index contributed by atoms with van der Waals surface area (Å²) >= 11 is 1.63. The molecule has 0 saturated heterocycles. The normalized spacial score (nSPS) is 14.0. The van der Waals surface area contributed by atoms with E-state index in [9.17, 15) is 9.59 Å². The molecule has 0 aliphatic carbocycles. The maximum absolute atomic E-state index is 12.0. The number of rotatable bonds is 9. The molecule has 0 aromatic rings. The largest absolute Gasteiger partial charge is 0.467 e. The average molecular weight is 289 g/mol. The van der Waals surface area contributed by atoms with E-state index in [0.717, 1.165) is 18.6 Å². The highest BCUT2D eigenvalue weighted by atomic mass is 32.2. The van der Waals surface area contributed by atoms with Crippen LogP contribution in [0.4, 0.5) is 0 Å². The Bertz CT molecular complexity index is 282. The maximum Gasteiger partial charge on any atom is 0.328 e. The Hall–Kier alpha value is -0.710. The van der Waals surface area contributed by atoms with Crippen LogP contribution in [0.2, 0.25) is 0 Å². The molecule has 2 unspecified atom stereocenters. The summed E-state index contributed by atoms with van der Waals surface area (Å²) < 4.78 is 4.73. The SMILES string of the molecule is CCCCSC(C)C(=O)NC(CC(C)C)C(=O)OC. The second kappa shape index (κ2) is 10.1. The van der Waals surface area contributed by atoms with Crippen LogP contribution >= 0.6 is 11.8 Å². The molecule has 0 bridgehead atoms. The molecule has 0 rings (SSSR count). The summed E-state index contributed by atoms with van der Waals surface area (Å²) in [5.74, 6) is 0.843. The van der Waals surface area contributed by atoms with Crippen molar-refractivity contribution < 1.29 is 14.3 Å². The summed E-state index contributed by atoms with van der Waals surface area (Å²) in [5.41, 5.74) is 0. The number of carbonyl (C=O) groups is 2. The quantitative estimate of drug-likeness (QED) is 0.523. The van der Waals surface area contributed by atoms with Crippen LogP contribution < -0.4 is 5.32 Å². The first-order valence-corrected chi connectivity index (χ1v) is 7.97. The smallest absolute Gasteiger partial charge is 0.328 e. The summed E-state index contributed by atoms with van der Waals surface area (Å²) in [7, 11) is 1.35. The van der Waals surface area contributed by atoms with Crippen molar-refractivity contribution in [1.82, 2.24) is 5.32 Å². The fourth-order valence-electron chi connectivity index (χ4n) is 1.60. The number of amides is 1. The minimum absolute atomic E-state index is 0.0860. The van der Waals surface area contributed by atoms with E-state index in [4.69, 9.17) is 4.74 Å². The number of ether oxygens (including phenoxy) is 1. The number of hydrogen-bond acceptors (Lipinski definition) is 4. The minimum atomic E-state index is -0.535. The number of thioether (sulfide) groups is 1. The highest BCUT2D eigenvalue weighted by molar-refractivity contribution is 8.00. The van der Waals surface area contributed by atoms with Crippen LogP contribution in [-0.2, 0) is 14.3 Å². The van der Waals surface area contributed by atoms with E-state index in [2.05, 4.69) is 12.2 Å². The topological polar surface area (TPSA) is 55.4 Å². The maximum atomic E-state index is 12.0. The summed E-state index contributed by atoms with van der Waals surface area (Å²) in [6, 6.07) is -0.535. The molecule has 0 fully saturated rings. The Labute approximate surface area is 121 Å². The van der Waals surface area contributed by atoms with Crippen LogP contribution in [0.5, 0.6) is 0 Å².